The van der Waals surface area contributed by atoms with E-state index in [1.807, 2.05) is 0 Å². The fourth-order valence-electron chi connectivity index (χ4n) is 1.71. The van der Waals surface area contributed by atoms with Gasteiger partial charge in [0, 0.05) is 11.3 Å². The number of anilines is 1. The van der Waals surface area contributed by atoms with Gasteiger partial charge in [0.05, 0.1) is 18.7 Å². The summed E-state index contributed by atoms with van der Waals surface area (Å²) in [5.41, 5.74) is 5.68. The summed E-state index contributed by atoms with van der Waals surface area (Å²) in [4.78, 5) is 32.4. The molecule has 0 aliphatic heterocycles. The first-order valence-electron chi connectivity index (χ1n) is 7.46. The van der Waals surface area contributed by atoms with E-state index in [0.29, 0.717) is 10.8 Å². The molecule has 2 N–H and O–H groups in total. The summed E-state index contributed by atoms with van der Waals surface area (Å²) in [7, 11) is 0. The van der Waals surface area contributed by atoms with Crippen LogP contribution < -0.4 is 5.73 Å². The van der Waals surface area contributed by atoms with Gasteiger partial charge in [-0.15, -0.1) is 11.3 Å². The second-order valence-corrected chi connectivity index (χ2v) is 6.77. The van der Waals surface area contributed by atoms with E-state index in [0.717, 1.165) is 6.21 Å². The van der Waals surface area contributed by atoms with Crippen LogP contribution in [0.15, 0.2) is 10.5 Å². The molecule has 24 heavy (non-hydrogen) atoms. The third-order valence-electron chi connectivity index (χ3n) is 2.59. The number of nitrogen functional groups attached to an aromatic ring is 1. The van der Waals surface area contributed by atoms with Crippen LogP contribution in [-0.2, 0) is 23.9 Å². The number of esters is 2. The van der Waals surface area contributed by atoms with Crippen molar-refractivity contribution in [1.82, 2.24) is 4.98 Å². The number of rotatable bonds is 8. The SMILES string of the molecule is CCOC(=O)/C=N\OCC(CC(=O)OC(C)(C)C)c1csc(N)n1. The minimum atomic E-state index is -0.598. The molecule has 0 amide bonds. The molecule has 0 aliphatic rings. The van der Waals surface area contributed by atoms with Crippen LogP contribution in [0.5, 0.6) is 0 Å². The van der Waals surface area contributed by atoms with Gasteiger partial charge in [-0.25, -0.2) is 9.78 Å². The minimum absolute atomic E-state index is 0.0539. The second kappa shape index (κ2) is 9.21. The smallest absolute Gasteiger partial charge is 0.352 e. The van der Waals surface area contributed by atoms with Crippen molar-refractivity contribution in [3.8, 4) is 0 Å². The average Bonchev–Trinajstić information content (AvgIpc) is 2.87. The zero-order chi connectivity index (χ0) is 18.2. The molecule has 1 aromatic heterocycles. The summed E-state index contributed by atoms with van der Waals surface area (Å²) in [6, 6.07) is 0. The lowest BCUT2D eigenvalue weighted by Gasteiger charge is -2.21. The van der Waals surface area contributed by atoms with Crippen molar-refractivity contribution in [2.24, 2.45) is 5.16 Å². The molecule has 0 radical (unpaired) electrons. The normalized spacial score (nSPS) is 12.8. The molecule has 9 heteroatoms. The van der Waals surface area contributed by atoms with Gasteiger partial charge in [-0.1, -0.05) is 5.16 Å². The second-order valence-electron chi connectivity index (χ2n) is 5.88. The Labute approximate surface area is 145 Å². The van der Waals surface area contributed by atoms with Gasteiger partial charge in [-0.2, -0.15) is 0 Å². The van der Waals surface area contributed by atoms with E-state index >= 15 is 0 Å². The van der Waals surface area contributed by atoms with Crippen LogP contribution in [0.3, 0.4) is 0 Å². The fourth-order valence-corrected chi connectivity index (χ4v) is 2.36. The summed E-state index contributed by atoms with van der Waals surface area (Å²) in [6.07, 6.45) is 0.999. The summed E-state index contributed by atoms with van der Waals surface area (Å²) < 4.78 is 10.00. The van der Waals surface area contributed by atoms with E-state index in [1.165, 1.54) is 11.3 Å². The summed E-state index contributed by atoms with van der Waals surface area (Å²) in [6.45, 7) is 7.38. The highest BCUT2D eigenvalue weighted by atomic mass is 32.1. The molecule has 1 atom stereocenters. The lowest BCUT2D eigenvalue weighted by molar-refractivity contribution is -0.155. The monoisotopic (exact) mass is 357 g/mol. The number of aromatic nitrogens is 1. The highest BCUT2D eigenvalue weighted by molar-refractivity contribution is 7.13. The van der Waals surface area contributed by atoms with Crippen LogP contribution in [0, 0.1) is 0 Å². The summed E-state index contributed by atoms with van der Waals surface area (Å²) in [5, 5.41) is 5.69. The molecule has 8 nitrogen and oxygen atoms in total. The maximum atomic E-state index is 12.0. The van der Waals surface area contributed by atoms with Crippen LogP contribution in [0.1, 0.15) is 45.7 Å². The molecule has 134 valence electrons. The van der Waals surface area contributed by atoms with E-state index in [4.69, 9.17) is 15.3 Å². The molecular formula is C15H23N3O5S. The van der Waals surface area contributed by atoms with Gasteiger partial charge in [0.1, 0.15) is 12.2 Å². The highest BCUT2D eigenvalue weighted by Gasteiger charge is 2.24. The first-order chi connectivity index (χ1) is 11.2. The van der Waals surface area contributed by atoms with Gasteiger partial charge in [0.15, 0.2) is 11.3 Å². The molecule has 1 unspecified atom stereocenters. The Kier molecular flexibility index (Phi) is 7.63. The van der Waals surface area contributed by atoms with E-state index in [1.54, 1.807) is 33.1 Å². The van der Waals surface area contributed by atoms with Crippen molar-refractivity contribution < 1.29 is 23.9 Å². The van der Waals surface area contributed by atoms with Crippen LogP contribution in [0.25, 0.3) is 0 Å². The third kappa shape index (κ3) is 7.91. The summed E-state index contributed by atoms with van der Waals surface area (Å²) in [5.74, 6) is -1.36. The Morgan fingerprint density at radius 3 is 2.71 bits per heavy atom. The number of hydrogen-bond acceptors (Lipinski definition) is 9. The number of nitrogens with two attached hydrogens (primary N) is 1. The zero-order valence-electron chi connectivity index (χ0n) is 14.3. The first kappa shape index (κ1) is 19.9. The topological polar surface area (TPSA) is 113 Å². The first-order valence-corrected chi connectivity index (χ1v) is 8.34. The van der Waals surface area contributed by atoms with Crippen molar-refractivity contribution >= 4 is 34.6 Å². The molecule has 0 aromatic carbocycles. The molecule has 1 aromatic rings. The standard InChI is InChI=1S/C15H23N3O5S/c1-5-21-13(20)7-17-22-8-10(11-9-24-14(16)18-11)6-12(19)23-15(2,3)4/h7,9-10H,5-6,8H2,1-4H3,(H2,16,18)/b17-7-. The van der Waals surface area contributed by atoms with Crippen molar-refractivity contribution in [2.45, 2.75) is 45.6 Å². The van der Waals surface area contributed by atoms with Gasteiger partial charge < -0.3 is 20.0 Å². The number of hydrogen-bond donors (Lipinski definition) is 1. The Hall–Kier alpha value is -2.16. The van der Waals surface area contributed by atoms with E-state index in [9.17, 15) is 9.59 Å². The van der Waals surface area contributed by atoms with E-state index < -0.39 is 11.6 Å². The van der Waals surface area contributed by atoms with Crippen LogP contribution in [0.2, 0.25) is 0 Å². The molecule has 0 fully saturated rings. The Balaban J connectivity index is 2.66. The van der Waals surface area contributed by atoms with Crippen molar-refractivity contribution in [2.75, 3.05) is 18.9 Å². The average molecular weight is 357 g/mol. The molecule has 0 saturated carbocycles. The highest BCUT2D eigenvalue weighted by Crippen LogP contribution is 2.25. The molecule has 1 rings (SSSR count). The predicted molar refractivity (Wildman–Crippen MR) is 90.8 cm³/mol. The molecule has 1 heterocycles. The van der Waals surface area contributed by atoms with E-state index in [2.05, 4.69) is 14.9 Å². The molecule has 0 bridgehead atoms. The largest absolute Gasteiger partial charge is 0.462 e. The van der Waals surface area contributed by atoms with Crippen molar-refractivity contribution in [3.63, 3.8) is 0 Å². The predicted octanol–water partition coefficient (Wildman–Crippen LogP) is 2.11. The Bertz CT molecular complexity index is 580. The van der Waals surface area contributed by atoms with Crippen molar-refractivity contribution in [3.05, 3.63) is 11.1 Å². The quantitative estimate of drug-likeness (QED) is 0.430. The number of oxime groups is 1. The zero-order valence-corrected chi connectivity index (χ0v) is 15.1. The van der Waals surface area contributed by atoms with Crippen LogP contribution in [0.4, 0.5) is 5.13 Å². The maximum Gasteiger partial charge on any atom is 0.352 e. The lowest BCUT2D eigenvalue weighted by Crippen LogP contribution is -2.25. The molecule has 0 spiro atoms. The number of carbonyl (C=O) groups excluding carboxylic acids is 2. The number of nitrogens with zero attached hydrogens (tertiary/aromatic N) is 2. The maximum absolute atomic E-state index is 12.0. The third-order valence-corrected chi connectivity index (χ3v) is 3.28. The molecule has 0 saturated heterocycles. The molecular weight excluding hydrogens is 334 g/mol. The molecule has 0 aliphatic carbocycles. The number of ether oxygens (including phenoxy) is 2. The summed E-state index contributed by atoms with van der Waals surface area (Å²) >= 11 is 1.27. The number of carbonyl (C=O) groups is 2. The number of thiazole rings is 1. The van der Waals surface area contributed by atoms with Gasteiger partial charge in [0.2, 0.25) is 0 Å². The van der Waals surface area contributed by atoms with Gasteiger partial charge in [-0.05, 0) is 27.7 Å². The Morgan fingerprint density at radius 2 is 2.17 bits per heavy atom. The van der Waals surface area contributed by atoms with Crippen molar-refractivity contribution in [1.29, 1.82) is 0 Å². The fraction of sp³-hybridized carbons (Fsp3) is 0.600. The minimum Gasteiger partial charge on any atom is -0.462 e. The van der Waals surface area contributed by atoms with Crippen LogP contribution >= 0.6 is 11.3 Å². The Morgan fingerprint density at radius 1 is 1.46 bits per heavy atom. The van der Waals surface area contributed by atoms with Gasteiger partial charge in [0.25, 0.3) is 0 Å². The van der Waals surface area contributed by atoms with Gasteiger partial charge >= 0.3 is 11.9 Å². The van der Waals surface area contributed by atoms with Gasteiger partial charge in [-0.3, -0.25) is 4.79 Å². The lowest BCUT2D eigenvalue weighted by atomic mass is 10.0. The van der Waals surface area contributed by atoms with Crippen LogP contribution in [-0.4, -0.2) is 42.0 Å². The van der Waals surface area contributed by atoms with E-state index in [-0.39, 0.29) is 31.5 Å².